The van der Waals surface area contributed by atoms with Crippen LogP contribution in [0.25, 0.3) is 22.3 Å². The third-order valence-electron chi connectivity index (χ3n) is 9.01. The maximum absolute atomic E-state index is 13.1. The van der Waals surface area contributed by atoms with Gasteiger partial charge in [0.25, 0.3) is 0 Å². The Morgan fingerprint density at radius 1 is 0.531 bits per heavy atom. The molecule has 0 heterocycles. The van der Waals surface area contributed by atoms with Gasteiger partial charge in [0.15, 0.2) is 0 Å². The molecule has 0 aromatic heterocycles. The van der Waals surface area contributed by atoms with Crippen LogP contribution in [-0.4, -0.2) is 38.4 Å². The molecule has 0 spiro atoms. The van der Waals surface area contributed by atoms with Crippen LogP contribution in [0.15, 0.2) is 109 Å². The first-order valence-corrected chi connectivity index (χ1v) is 16.5. The molecule has 2 bridgehead atoms. The third kappa shape index (κ3) is 8.17. The molecule has 2 aliphatic rings. The number of nitrogens with zero attached hydrogens (tertiary/aromatic N) is 2. The second-order valence-corrected chi connectivity index (χ2v) is 12.2. The van der Waals surface area contributed by atoms with E-state index in [1.54, 1.807) is 24.3 Å². The average Bonchev–Trinajstić information content (AvgIpc) is 3.78. The van der Waals surface area contributed by atoms with Crippen molar-refractivity contribution in [2.24, 2.45) is 23.7 Å². The molecule has 1 saturated carbocycles. The lowest BCUT2D eigenvalue weighted by atomic mass is 9.83. The van der Waals surface area contributed by atoms with Crippen LogP contribution >= 0.6 is 0 Å². The van der Waals surface area contributed by atoms with Gasteiger partial charge in [0, 0.05) is 12.8 Å². The zero-order chi connectivity index (χ0) is 34.0. The maximum atomic E-state index is 13.1. The Hall–Kier alpha value is -5.86. The lowest BCUT2D eigenvalue weighted by Gasteiger charge is -2.25. The van der Waals surface area contributed by atoms with Crippen molar-refractivity contribution in [3.8, 4) is 45.9 Å². The van der Waals surface area contributed by atoms with Gasteiger partial charge in [-0.2, -0.15) is 10.5 Å². The Morgan fingerprint density at radius 3 is 1.22 bits per heavy atom. The fourth-order valence-electron chi connectivity index (χ4n) is 6.46. The molecule has 246 valence electrons. The molecule has 4 aromatic rings. The number of fused-ring (bicyclic) bond motifs is 2. The highest BCUT2D eigenvalue weighted by Gasteiger charge is 2.53. The molecule has 0 amide bonds. The van der Waals surface area contributed by atoms with Crippen molar-refractivity contribution in [3.63, 3.8) is 0 Å². The molecule has 6 rings (SSSR count). The minimum Gasteiger partial charge on any atom is -0.493 e. The van der Waals surface area contributed by atoms with Crippen LogP contribution in [0.1, 0.15) is 30.4 Å². The van der Waals surface area contributed by atoms with Crippen LogP contribution in [0.2, 0.25) is 0 Å². The largest absolute Gasteiger partial charge is 0.493 e. The number of carbonyl (C=O) groups is 2. The summed E-state index contributed by atoms with van der Waals surface area (Å²) >= 11 is 0. The molecular weight excluding hydrogens is 616 g/mol. The Balaban J connectivity index is 0.892. The fraction of sp³-hybridized carbons (Fsp3) is 0.268. The summed E-state index contributed by atoms with van der Waals surface area (Å²) in [6, 6.07) is 34.5. The van der Waals surface area contributed by atoms with Gasteiger partial charge in [-0.25, -0.2) is 0 Å². The van der Waals surface area contributed by atoms with E-state index >= 15 is 0 Å². The van der Waals surface area contributed by atoms with Crippen molar-refractivity contribution in [3.05, 3.63) is 120 Å². The number of allylic oxidation sites excluding steroid dienone is 2. The van der Waals surface area contributed by atoms with E-state index in [1.807, 2.05) is 84.9 Å². The first-order chi connectivity index (χ1) is 24.0. The molecule has 49 heavy (non-hydrogen) atoms. The van der Waals surface area contributed by atoms with E-state index in [0.29, 0.717) is 48.7 Å². The molecular formula is C41H36N2O6. The van der Waals surface area contributed by atoms with Gasteiger partial charge in [0.2, 0.25) is 0 Å². The van der Waals surface area contributed by atoms with Gasteiger partial charge in [-0.05, 0) is 89.0 Å². The number of carbonyl (C=O) groups excluding carboxylic acids is 2. The first kappa shape index (κ1) is 33.1. The topological polar surface area (TPSA) is 119 Å². The third-order valence-corrected chi connectivity index (χ3v) is 9.01. The second-order valence-electron chi connectivity index (χ2n) is 12.2. The highest BCUT2D eigenvalue weighted by atomic mass is 16.5. The summed E-state index contributed by atoms with van der Waals surface area (Å²) in [7, 11) is 0. The van der Waals surface area contributed by atoms with E-state index in [2.05, 4.69) is 12.1 Å². The summed E-state index contributed by atoms with van der Waals surface area (Å²) < 4.78 is 22.9. The van der Waals surface area contributed by atoms with E-state index in [9.17, 15) is 9.59 Å². The molecule has 4 atom stereocenters. The van der Waals surface area contributed by atoms with Crippen molar-refractivity contribution in [2.45, 2.75) is 19.3 Å². The Morgan fingerprint density at radius 2 is 0.878 bits per heavy atom. The zero-order valence-corrected chi connectivity index (χ0v) is 27.0. The fourth-order valence-corrected chi connectivity index (χ4v) is 6.46. The molecule has 1 fully saturated rings. The number of ether oxygens (including phenoxy) is 4. The van der Waals surface area contributed by atoms with Crippen molar-refractivity contribution < 1.29 is 28.5 Å². The second kappa shape index (κ2) is 15.8. The molecule has 4 aromatic carbocycles. The van der Waals surface area contributed by atoms with Crippen molar-refractivity contribution in [1.82, 2.24) is 0 Å². The molecule has 0 aliphatic heterocycles. The summed E-state index contributed by atoms with van der Waals surface area (Å²) in [5, 5.41) is 18.0. The maximum Gasteiger partial charge on any atom is 0.310 e. The minimum atomic E-state index is -0.538. The van der Waals surface area contributed by atoms with Gasteiger partial charge >= 0.3 is 11.9 Å². The molecule has 4 unspecified atom stereocenters. The van der Waals surface area contributed by atoms with E-state index < -0.39 is 11.8 Å². The van der Waals surface area contributed by atoms with E-state index in [4.69, 9.17) is 29.5 Å². The van der Waals surface area contributed by atoms with Crippen LogP contribution in [0.4, 0.5) is 0 Å². The number of rotatable bonds is 14. The SMILES string of the molecule is N#Cc1ccc(-c2ccc(OCCCOC(=O)C3C4C=CC(C4)C3C(=O)OCCCOc3ccc(-c4ccc(C#N)cc4)cc3)cc2)cc1. The Labute approximate surface area is 286 Å². The van der Waals surface area contributed by atoms with Gasteiger partial charge in [-0.3, -0.25) is 9.59 Å². The molecule has 0 N–H and O–H groups in total. The van der Waals surface area contributed by atoms with Crippen LogP contribution in [-0.2, 0) is 19.1 Å². The van der Waals surface area contributed by atoms with Crippen molar-refractivity contribution >= 4 is 11.9 Å². The van der Waals surface area contributed by atoms with Gasteiger partial charge < -0.3 is 18.9 Å². The number of benzene rings is 4. The molecule has 8 heteroatoms. The summed E-state index contributed by atoms with van der Waals surface area (Å²) in [5.41, 5.74) is 5.32. The van der Waals surface area contributed by atoms with E-state index in [-0.39, 0.29) is 37.0 Å². The van der Waals surface area contributed by atoms with Crippen LogP contribution < -0.4 is 9.47 Å². The number of nitriles is 2. The van der Waals surface area contributed by atoms with Gasteiger partial charge in [-0.15, -0.1) is 0 Å². The smallest absolute Gasteiger partial charge is 0.310 e. The molecule has 0 radical (unpaired) electrons. The van der Waals surface area contributed by atoms with Crippen LogP contribution in [0.5, 0.6) is 11.5 Å². The van der Waals surface area contributed by atoms with Crippen molar-refractivity contribution in [2.75, 3.05) is 26.4 Å². The van der Waals surface area contributed by atoms with Crippen LogP contribution in [0, 0.1) is 46.3 Å². The lowest BCUT2D eigenvalue weighted by Crippen LogP contribution is -2.35. The number of hydrogen-bond donors (Lipinski definition) is 0. The summed E-state index contributed by atoms with van der Waals surface area (Å²) in [4.78, 5) is 26.2. The summed E-state index contributed by atoms with van der Waals surface area (Å²) in [5.74, 6) is -0.404. The first-order valence-electron chi connectivity index (χ1n) is 16.5. The van der Waals surface area contributed by atoms with Crippen molar-refractivity contribution in [1.29, 1.82) is 10.5 Å². The normalized spacial score (nSPS) is 18.7. The van der Waals surface area contributed by atoms with E-state index in [1.165, 1.54) is 0 Å². The summed E-state index contributed by atoms with van der Waals surface area (Å²) in [6.45, 7) is 1.17. The number of hydrogen-bond acceptors (Lipinski definition) is 8. The predicted octanol–water partition coefficient (Wildman–Crippen LogP) is 7.53. The van der Waals surface area contributed by atoms with Gasteiger partial charge in [0.1, 0.15) is 11.5 Å². The quantitative estimate of drug-likeness (QED) is 0.0780. The molecule has 2 aliphatic carbocycles. The average molecular weight is 653 g/mol. The highest BCUT2D eigenvalue weighted by Crippen LogP contribution is 2.49. The lowest BCUT2D eigenvalue weighted by molar-refractivity contribution is -0.161. The van der Waals surface area contributed by atoms with Crippen LogP contribution in [0.3, 0.4) is 0 Å². The Bertz CT molecular complexity index is 1720. The monoisotopic (exact) mass is 652 g/mol. The standard InChI is InChI=1S/C41H36N2O6/c42-26-28-3-7-30(8-4-28)32-13-17-36(18-14-32)46-21-1-23-48-40(44)38-34-11-12-35(25-34)39(38)41(45)49-24-2-22-47-37-19-15-33(16-20-37)31-9-5-29(27-43)6-10-31/h3-20,34-35,38-39H,1-2,21-25H2. The number of esters is 2. The zero-order valence-electron chi connectivity index (χ0n) is 27.0. The Kier molecular flexibility index (Phi) is 10.7. The van der Waals surface area contributed by atoms with E-state index in [0.717, 1.165) is 28.7 Å². The minimum absolute atomic E-state index is 0.0171. The predicted molar refractivity (Wildman–Crippen MR) is 183 cm³/mol. The highest BCUT2D eigenvalue weighted by molar-refractivity contribution is 5.84. The molecule has 0 saturated heterocycles. The molecule has 8 nitrogen and oxygen atoms in total. The summed E-state index contributed by atoms with van der Waals surface area (Å²) in [6.07, 6.45) is 5.83. The van der Waals surface area contributed by atoms with Gasteiger partial charge in [0.05, 0.1) is 61.5 Å². The van der Waals surface area contributed by atoms with Gasteiger partial charge in [-0.1, -0.05) is 60.7 Å².